The van der Waals surface area contributed by atoms with E-state index in [0.717, 1.165) is 24.9 Å². The van der Waals surface area contributed by atoms with Gasteiger partial charge in [0.1, 0.15) is 17.3 Å². The third-order valence-corrected chi connectivity index (χ3v) is 5.32. The van der Waals surface area contributed by atoms with Crippen LogP contribution in [0.5, 0.6) is 0 Å². The molecule has 2 N–H and O–H groups in total. The number of pyridine rings is 1. The molecule has 2 heterocycles. The molecule has 1 atom stereocenters. The molecule has 0 fully saturated rings. The number of nitrogens with one attached hydrogen (secondary N) is 2. The first-order valence-electron chi connectivity index (χ1n) is 9.17. The van der Waals surface area contributed by atoms with Gasteiger partial charge in [0, 0.05) is 29.9 Å². The zero-order chi connectivity index (χ0) is 19.0. The number of fused-ring (bicyclic) bond motifs is 3. The third-order valence-electron chi connectivity index (χ3n) is 5.32. The highest BCUT2D eigenvalue weighted by molar-refractivity contribution is 5.84. The molecular weight excluding hydrogens is 339 g/mol. The molecule has 1 unspecified atom stereocenters. The Hall–Kier alpha value is -2.88. The minimum atomic E-state index is -0.310. The summed E-state index contributed by atoms with van der Waals surface area (Å²) in [6, 6.07) is 9.35. The topological polar surface area (TPSA) is 41.9 Å². The predicted octanol–water partition coefficient (Wildman–Crippen LogP) is 4.33. The summed E-state index contributed by atoms with van der Waals surface area (Å²) in [6.07, 6.45) is 4.87. The van der Waals surface area contributed by atoms with Gasteiger partial charge < -0.3 is 15.2 Å². The van der Waals surface area contributed by atoms with Crippen LogP contribution in [0.3, 0.4) is 0 Å². The van der Waals surface area contributed by atoms with E-state index in [1.165, 1.54) is 28.8 Å². The summed E-state index contributed by atoms with van der Waals surface area (Å²) >= 11 is 0. The van der Waals surface area contributed by atoms with Crippen LogP contribution in [-0.4, -0.2) is 22.6 Å². The highest BCUT2D eigenvalue weighted by Crippen LogP contribution is 2.32. The molecule has 27 heavy (non-hydrogen) atoms. The standard InChI is InChI=1S/C22H23FN4/c1-4-5-14-10-15(23)12-17(11-14)25-21-9-7-18-19-13-16(24-2)6-8-20(19)27(3)22(18)26-21/h5,7,9-12,16,24H,1,6,8,13H2,2-3H3,(H,25,26). The van der Waals surface area contributed by atoms with E-state index >= 15 is 0 Å². The molecule has 0 spiro atoms. The van der Waals surface area contributed by atoms with Crippen LogP contribution >= 0.6 is 0 Å². The Kier molecular flexibility index (Phi) is 4.56. The maximum absolute atomic E-state index is 13.9. The molecule has 138 valence electrons. The van der Waals surface area contributed by atoms with Crippen molar-refractivity contribution >= 4 is 28.6 Å². The minimum Gasteiger partial charge on any atom is -0.340 e. The van der Waals surface area contributed by atoms with Crippen LogP contribution in [0, 0.1) is 5.82 Å². The van der Waals surface area contributed by atoms with Crippen molar-refractivity contribution in [3.8, 4) is 0 Å². The lowest BCUT2D eigenvalue weighted by molar-refractivity contribution is 0.488. The quantitative estimate of drug-likeness (QED) is 0.679. The van der Waals surface area contributed by atoms with Gasteiger partial charge in [0.15, 0.2) is 0 Å². The first kappa shape index (κ1) is 17.5. The van der Waals surface area contributed by atoms with E-state index in [4.69, 9.17) is 4.98 Å². The number of hydrogen-bond acceptors (Lipinski definition) is 3. The fraction of sp³-hybridized carbons (Fsp3) is 0.273. The molecule has 2 aromatic heterocycles. The van der Waals surface area contributed by atoms with Crippen molar-refractivity contribution in [2.24, 2.45) is 7.05 Å². The maximum Gasteiger partial charge on any atom is 0.142 e. The number of anilines is 2. The molecule has 0 bridgehead atoms. The van der Waals surface area contributed by atoms with Crippen molar-refractivity contribution in [3.63, 3.8) is 0 Å². The first-order valence-corrected chi connectivity index (χ1v) is 9.17. The number of rotatable bonds is 4. The van der Waals surface area contributed by atoms with Crippen LogP contribution in [0.15, 0.2) is 42.6 Å². The number of aryl methyl sites for hydroxylation is 1. The minimum absolute atomic E-state index is 0.310. The zero-order valence-electron chi connectivity index (χ0n) is 15.6. The van der Waals surface area contributed by atoms with Crippen LogP contribution < -0.4 is 10.6 Å². The van der Waals surface area contributed by atoms with Gasteiger partial charge in [0.2, 0.25) is 0 Å². The summed E-state index contributed by atoms with van der Waals surface area (Å²) in [6.45, 7) is 3.54. The van der Waals surface area contributed by atoms with Gasteiger partial charge in [-0.05, 0) is 73.8 Å². The molecule has 0 saturated heterocycles. The van der Waals surface area contributed by atoms with E-state index < -0.39 is 0 Å². The van der Waals surface area contributed by atoms with Crippen molar-refractivity contribution in [2.45, 2.75) is 25.3 Å². The van der Waals surface area contributed by atoms with E-state index in [-0.39, 0.29) is 5.82 Å². The van der Waals surface area contributed by atoms with Crippen LogP contribution in [-0.2, 0) is 19.9 Å². The normalized spacial score (nSPS) is 16.0. The molecule has 0 saturated carbocycles. The lowest BCUT2D eigenvalue weighted by Gasteiger charge is -2.22. The number of benzene rings is 1. The molecule has 0 aliphatic heterocycles. The Balaban J connectivity index is 1.71. The Labute approximate surface area is 158 Å². The molecule has 1 aliphatic rings. The molecule has 4 nitrogen and oxygen atoms in total. The predicted molar refractivity (Wildman–Crippen MR) is 109 cm³/mol. The second-order valence-corrected chi connectivity index (χ2v) is 7.03. The van der Waals surface area contributed by atoms with Crippen LogP contribution in [0.1, 0.15) is 23.2 Å². The van der Waals surface area contributed by atoms with E-state index in [0.29, 0.717) is 23.1 Å². The molecule has 0 amide bonds. The van der Waals surface area contributed by atoms with Gasteiger partial charge in [0.05, 0.1) is 0 Å². The average Bonchev–Trinajstić information content (AvgIpc) is 2.93. The largest absolute Gasteiger partial charge is 0.340 e. The second-order valence-electron chi connectivity index (χ2n) is 7.03. The first-order chi connectivity index (χ1) is 13.1. The molecule has 1 aromatic carbocycles. The maximum atomic E-state index is 13.9. The summed E-state index contributed by atoms with van der Waals surface area (Å²) in [5.41, 5.74) is 7.75. The fourth-order valence-corrected chi connectivity index (χ4v) is 3.98. The van der Waals surface area contributed by atoms with Crippen molar-refractivity contribution in [3.05, 3.63) is 65.3 Å². The average molecular weight is 362 g/mol. The van der Waals surface area contributed by atoms with Crippen LogP contribution in [0.2, 0.25) is 0 Å². The SMILES string of the molecule is C=C=Cc1cc(F)cc(Nc2ccc3c4c(n(C)c3n2)CCC(NC)C4)c1. The van der Waals surface area contributed by atoms with Crippen molar-refractivity contribution in [1.29, 1.82) is 0 Å². The Morgan fingerprint density at radius 3 is 2.96 bits per heavy atom. The smallest absolute Gasteiger partial charge is 0.142 e. The number of nitrogens with zero attached hydrogens (tertiary/aromatic N) is 2. The Morgan fingerprint density at radius 1 is 1.33 bits per heavy atom. The molecule has 5 heteroatoms. The highest BCUT2D eigenvalue weighted by atomic mass is 19.1. The number of likely N-dealkylation sites (N-methyl/N-ethyl adjacent to an activating group) is 1. The van der Waals surface area contributed by atoms with Crippen molar-refractivity contribution in [1.82, 2.24) is 14.9 Å². The second kappa shape index (κ2) is 7.03. The molecule has 1 aliphatic carbocycles. The lowest BCUT2D eigenvalue weighted by atomic mass is 9.92. The van der Waals surface area contributed by atoms with Gasteiger partial charge in [-0.15, -0.1) is 5.73 Å². The molecule has 4 rings (SSSR count). The Bertz CT molecular complexity index is 1060. The summed E-state index contributed by atoms with van der Waals surface area (Å²) in [5.74, 6) is 0.389. The van der Waals surface area contributed by atoms with Crippen molar-refractivity contribution in [2.75, 3.05) is 12.4 Å². The van der Waals surface area contributed by atoms with Crippen LogP contribution in [0.25, 0.3) is 17.1 Å². The van der Waals surface area contributed by atoms with Gasteiger partial charge in [-0.2, -0.15) is 0 Å². The van der Waals surface area contributed by atoms with Crippen LogP contribution in [0.4, 0.5) is 15.9 Å². The highest BCUT2D eigenvalue weighted by Gasteiger charge is 2.24. The number of hydrogen-bond donors (Lipinski definition) is 2. The van der Waals surface area contributed by atoms with E-state index in [1.807, 2.05) is 19.2 Å². The summed E-state index contributed by atoms with van der Waals surface area (Å²) in [7, 11) is 4.10. The van der Waals surface area contributed by atoms with Crippen molar-refractivity contribution < 1.29 is 4.39 Å². The summed E-state index contributed by atoms with van der Waals surface area (Å²) in [4.78, 5) is 4.80. The van der Waals surface area contributed by atoms with Gasteiger partial charge in [-0.3, -0.25) is 0 Å². The van der Waals surface area contributed by atoms with Gasteiger partial charge in [-0.25, -0.2) is 9.37 Å². The number of aromatic nitrogens is 2. The summed E-state index contributed by atoms with van der Waals surface area (Å²) < 4.78 is 16.1. The summed E-state index contributed by atoms with van der Waals surface area (Å²) in [5, 5.41) is 7.81. The molecule has 0 radical (unpaired) electrons. The van der Waals surface area contributed by atoms with Gasteiger partial charge in [-0.1, -0.05) is 6.58 Å². The van der Waals surface area contributed by atoms with E-state index in [1.54, 1.807) is 6.08 Å². The lowest BCUT2D eigenvalue weighted by Crippen LogP contribution is -2.31. The van der Waals surface area contributed by atoms with Gasteiger partial charge in [0.25, 0.3) is 0 Å². The monoisotopic (exact) mass is 362 g/mol. The molecule has 3 aromatic rings. The Morgan fingerprint density at radius 2 is 2.19 bits per heavy atom. The zero-order valence-corrected chi connectivity index (χ0v) is 15.6. The third kappa shape index (κ3) is 3.27. The van der Waals surface area contributed by atoms with E-state index in [9.17, 15) is 4.39 Å². The van der Waals surface area contributed by atoms with Gasteiger partial charge >= 0.3 is 0 Å². The van der Waals surface area contributed by atoms with E-state index in [2.05, 4.69) is 40.6 Å². The molecular formula is C22H23FN4. The fourth-order valence-electron chi connectivity index (χ4n) is 3.98. The number of halogens is 1.